The number of allylic oxidation sites excluding steroid dienone is 4. The summed E-state index contributed by atoms with van der Waals surface area (Å²) in [6.45, 7) is 7.29. The third kappa shape index (κ3) is 4.58. The van der Waals surface area contributed by atoms with Gasteiger partial charge in [0.1, 0.15) is 0 Å². The molecule has 0 amide bonds. The van der Waals surface area contributed by atoms with Crippen LogP contribution in [0.25, 0.3) is 5.57 Å². The average Bonchev–Trinajstić information content (AvgIpc) is 2.44. The van der Waals surface area contributed by atoms with Crippen molar-refractivity contribution in [3.63, 3.8) is 0 Å². The second kappa shape index (κ2) is 8.66. The van der Waals surface area contributed by atoms with E-state index in [0.717, 1.165) is 23.9 Å². The van der Waals surface area contributed by atoms with E-state index in [1.165, 1.54) is 22.4 Å². The molecule has 0 aliphatic rings. The molecule has 0 spiro atoms. The molecule has 1 aromatic carbocycles. The Kier molecular flexibility index (Phi) is 7.18. The maximum Gasteiger partial charge on any atom is 0.0372 e. The van der Waals surface area contributed by atoms with Gasteiger partial charge in [0.2, 0.25) is 0 Å². The van der Waals surface area contributed by atoms with E-state index in [-0.39, 0.29) is 0 Å². The molecule has 20 heavy (non-hydrogen) atoms. The summed E-state index contributed by atoms with van der Waals surface area (Å²) in [5.74, 6) is 2.54. The van der Waals surface area contributed by atoms with Crippen LogP contribution in [0.1, 0.15) is 30.0 Å². The fourth-order valence-corrected chi connectivity index (χ4v) is 2.37. The summed E-state index contributed by atoms with van der Waals surface area (Å²) in [5, 5.41) is 4.51. The van der Waals surface area contributed by atoms with Gasteiger partial charge in [0, 0.05) is 17.6 Å². The maximum absolute atomic E-state index is 5.29. The lowest BCUT2D eigenvalue weighted by molar-refractivity contribution is 0.996. The molecule has 0 saturated carbocycles. The zero-order chi connectivity index (χ0) is 15.0. The lowest BCUT2D eigenvalue weighted by Gasteiger charge is -2.14. The van der Waals surface area contributed by atoms with Crippen LogP contribution in [0.2, 0.25) is 0 Å². The molecule has 0 heterocycles. The van der Waals surface area contributed by atoms with Gasteiger partial charge in [-0.25, -0.2) is 0 Å². The van der Waals surface area contributed by atoms with E-state index >= 15 is 0 Å². The van der Waals surface area contributed by atoms with Crippen molar-refractivity contribution in [3.05, 3.63) is 47.1 Å². The Morgan fingerprint density at radius 2 is 2.10 bits per heavy atom. The SMILES string of the molecule is C#C/C=C\C(=C/C)c1cc(C)c(NCCCBr)cc1C. The molecular formula is C18H22BrN. The number of benzene rings is 1. The number of terminal acetylenes is 1. The van der Waals surface area contributed by atoms with Crippen molar-refractivity contribution in [1.82, 2.24) is 0 Å². The Balaban J connectivity index is 3.04. The standard InChI is InChI=1S/C18H22BrN/c1-5-7-9-16(6-2)17-12-15(4)18(13-14(17)3)20-11-8-10-19/h1,6-7,9,12-13,20H,8,10-11H2,2-4H3/b9-7-,16-6+. The van der Waals surface area contributed by atoms with Crippen LogP contribution in [-0.4, -0.2) is 11.9 Å². The molecule has 0 radical (unpaired) electrons. The van der Waals surface area contributed by atoms with Gasteiger partial charge in [-0.15, -0.1) is 6.42 Å². The summed E-state index contributed by atoms with van der Waals surface area (Å²) >= 11 is 3.45. The van der Waals surface area contributed by atoms with Crippen LogP contribution in [0.3, 0.4) is 0 Å². The number of rotatable bonds is 6. The minimum atomic E-state index is 0.984. The van der Waals surface area contributed by atoms with Gasteiger partial charge in [0.15, 0.2) is 0 Å². The van der Waals surface area contributed by atoms with Gasteiger partial charge >= 0.3 is 0 Å². The number of hydrogen-bond acceptors (Lipinski definition) is 1. The van der Waals surface area contributed by atoms with E-state index in [0.29, 0.717) is 0 Å². The summed E-state index contributed by atoms with van der Waals surface area (Å²) < 4.78 is 0. The van der Waals surface area contributed by atoms with Gasteiger partial charge < -0.3 is 5.32 Å². The van der Waals surface area contributed by atoms with Gasteiger partial charge in [-0.05, 0) is 73.7 Å². The molecule has 1 N–H and O–H groups in total. The Morgan fingerprint density at radius 1 is 1.35 bits per heavy atom. The minimum Gasteiger partial charge on any atom is -0.385 e. The topological polar surface area (TPSA) is 12.0 Å². The molecule has 1 aromatic rings. The Labute approximate surface area is 131 Å². The number of alkyl halides is 1. The van der Waals surface area contributed by atoms with E-state index in [4.69, 9.17) is 6.42 Å². The van der Waals surface area contributed by atoms with Crippen molar-refractivity contribution >= 4 is 27.2 Å². The molecule has 0 atom stereocenters. The molecule has 1 rings (SSSR count). The maximum atomic E-state index is 5.29. The molecule has 1 nitrogen and oxygen atoms in total. The molecule has 0 bridgehead atoms. The average molecular weight is 332 g/mol. The number of nitrogens with one attached hydrogen (secondary N) is 1. The molecule has 0 aliphatic heterocycles. The van der Waals surface area contributed by atoms with E-state index in [1.54, 1.807) is 6.08 Å². The predicted octanol–water partition coefficient (Wildman–Crippen LogP) is 5.09. The van der Waals surface area contributed by atoms with Gasteiger partial charge in [-0.1, -0.05) is 27.9 Å². The van der Waals surface area contributed by atoms with Crippen molar-refractivity contribution in [2.75, 3.05) is 17.2 Å². The van der Waals surface area contributed by atoms with Gasteiger partial charge in [0.05, 0.1) is 0 Å². The summed E-state index contributed by atoms with van der Waals surface area (Å²) in [6.07, 6.45) is 12.2. The van der Waals surface area contributed by atoms with Crippen LogP contribution in [-0.2, 0) is 0 Å². The Bertz CT molecular complexity index is 547. The van der Waals surface area contributed by atoms with Gasteiger partial charge in [0.25, 0.3) is 0 Å². The highest BCUT2D eigenvalue weighted by atomic mass is 79.9. The molecule has 0 unspecified atom stereocenters. The van der Waals surface area contributed by atoms with Crippen LogP contribution in [0, 0.1) is 26.2 Å². The minimum absolute atomic E-state index is 0.984. The van der Waals surface area contributed by atoms with Crippen molar-refractivity contribution in [1.29, 1.82) is 0 Å². The van der Waals surface area contributed by atoms with E-state index in [2.05, 4.69) is 59.2 Å². The van der Waals surface area contributed by atoms with E-state index in [1.807, 2.05) is 13.0 Å². The Hall–Kier alpha value is -1.46. The van der Waals surface area contributed by atoms with Crippen molar-refractivity contribution in [2.45, 2.75) is 27.2 Å². The number of halogens is 1. The quantitative estimate of drug-likeness (QED) is 0.331. The number of aryl methyl sites for hydroxylation is 2. The number of hydrogen-bond donors (Lipinski definition) is 1. The third-order valence-electron chi connectivity index (χ3n) is 3.18. The summed E-state index contributed by atoms with van der Waals surface area (Å²) in [5.41, 5.74) is 6.13. The second-order valence-corrected chi connectivity index (χ2v) is 5.49. The van der Waals surface area contributed by atoms with Crippen LogP contribution in [0.4, 0.5) is 5.69 Å². The first-order chi connectivity index (χ1) is 9.63. The fourth-order valence-electron chi connectivity index (χ4n) is 2.09. The Morgan fingerprint density at radius 3 is 2.70 bits per heavy atom. The first-order valence-corrected chi connectivity index (χ1v) is 7.96. The fraction of sp³-hybridized carbons (Fsp3) is 0.333. The smallest absolute Gasteiger partial charge is 0.0372 e. The zero-order valence-corrected chi connectivity index (χ0v) is 14.0. The highest BCUT2D eigenvalue weighted by Crippen LogP contribution is 2.26. The summed E-state index contributed by atoms with van der Waals surface area (Å²) in [6, 6.07) is 4.44. The summed E-state index contributed by atoms with van der Waals surface area (Å²) in [4.78, 5) is 0. The zero-order valence-electron chi connectivity index (χ0n) is 12.5. The first kappa shape index (κ1) is 16.6. The van der Waals surface area contributed by atoms with Crippen molar-refractivity contribution in [2.24, 2.45) is 0 Å². The lowest BCUT2D eigenvalue weighted by Crippen LogP contribution is -2.04. The lowest BCUT2D eigenvalue weighted by atomic mass is 9.96. The predicted molar refractivity (Wildman–Crippen MR) is 94.4 cm³/mol. The highest BCUT2D eigenvalue weighted by Gasteiger charge is 2.06. The van der Waals surface area contributed by atoms with Crippen LogP contribution in [0.15, 0.2) is 30.4 Å². The third-order valence-corrected chi connectivity index (χ3v) is 3.74. The van der Waals surface area contributed by atoms with E-state index in [9.17, 15) is 0 Å². The largest absolute Gasteiger partial charge is 0.385 e. The van der Waals surface area contributed by atoms with Crippen LogP contribution in [0.5, 0.6) is 0 Å². The summed E-state index contributed by atoms with van der Waals surface area (Å²) in [7, 11) is 0. The molecule has 0 aliphatic carbocycles. The molecule has 2 heteroatoms. The molecule has 0 saturated heterocycles. The van der Waals surface area contributed by atoms with Crippen molar-refractivity contribution in [3.8, 4) is 12.3 Å². The monoisotopic (exact) mass is 331 g/mol. The molecule has 106 valence electrons. The normalized spacial score (nSPS) is 11.7. The van der Waals surface area contributed by atoms with Gasteiger partial charge in [-0.3, -0.25) is 0 Å². The first-order valence-electron chi connectivity index (χ1n) is 6.84. The number of anilines is 1. The highest BCUT2D eigenvalue weighted by molar-refractivity contribution is 9.09. The van der Waals surface area contributed by atoms with Crippen LogP contribution < -0.4 is 5.32 Å². The van der Waals surface area contributed by atoms with E-state index < -0.39 is 0 Å². The molecular weight excluding hydrogens is 310 g/mol. The molecule has 0 aromatic heterocycles. The second-order valence-electron chi connectivity index (χ2n) is 4.70. The van der Waals surface area contributed by atoms with Crippen LogP contribution >= 0.6 is 15.9 Å². The van der Waals surface area contributed by atoms with Crippen molar-refractivity contribution < 1.29 is 0 Å². The molecule has 0 fully saturated rings. The van der Waals surface area contributed by atoms with Gasteiger partial charge in [-0.2, -0.15) is 0 Å².